The Labute approximate surface area is 107 Å². The van der Waals surface area contributed by atoms with Crippen LogP contribution in [-0.4, -0.2) is 25.3 Å². The van der Waals surface area contributed by atoms with Crippen molar-refractivity contribution in [2.45, 2.75) is 32.5 Å². The number of hydrogen-bond acceptors (Lipinski definition) is 4. The molecule has 1 heterocycles. The predicted octanol–water partition coefficient (Wildman–Crippen LogP) is 2.33. The molecule has 0 spiro atoms. The molecule has 1 fully saturated rings. The minimum atomic E-state index is -0.487. The van der Waals surface area contributed by atoms with Gasteiger partial charge in [0.1, 0.15) is 23.5 Å². The van der Waals surface area contributed by atoms with Crippen LogP contribution < -0.4 is 0 Å². The van der Waals surface area contributed by atoms with Crippen molar-refractivity contribution in [2.24, 2.45) is 5.92 Å². The summed E-state index contributed by atoms with van der Waals surface area (Å²) in [6, 6.07) is 0. The van der Waals surface area contributed by atoms with Gasteiger partial charge in [-0.15, -0.1) is 0 Å². The Morgan fingerprint density at radius 2 is 2.00 bits per heavy atom. The third-order valence-electron chi connectivity index (χ3n) is 2.96. The molecule has 4 nitrogen and oxygen atoms in total. The second-order valence-electron chi connectivity index (χ2n) is 4.59. The van der Waals surface area contributed by atoms with Crippen molar-refractivity contribution in [1.82, 2.24) is 0 Å². The van der Waals surface area contributed by atoms with E-state index in [1.54, 1.807) is 31.4 Å². The lowest BCUT2D eigenvalue weighted by molar-refractivity contribution is -0.155. The van der Waals surface area contributed by atoms with Crippen molar-refractivity contribution in [3.8, 4) is 0 Å². The molecule has 0 N–H and O–H groups in total. The summed E-state index contributed by atoms with van der Waals surface area (Å²) in [6.07, 6.45) is 7.67. The molecular weight excluding hydrogens is 232 g/mol. The fraction of sp³-hybridized carbons (Fsp3) is 0.500. The number of fused-ring (bicyclic) bond motifs is 1. The summed E-state index contributed by atoms with van der Waals surface area (Å²) in [5.41, 5.74) is 0. The van der Waals surface area contributed by atoms with Crippen molar-refractivity contribution < 1.29 is 19.0 Å². The van der Waals surface area contributed by atoms with Gasteiger partial charge in [-0.25, -0.2) is 0 Å². The zero-order valence-corrected chi connectivity index (χ0v) is 10.9. The minimum Gasteiger partial charge on any atom is -0.497 e. The highest BCUT2D eigenvalue weighted by atomic mass is 16.6. The van der Waals surface area contributed by atoms with Crippen molar-refractivity contribution in [2.75, 3.05) is 7.11 Å². The maximum atomic E-state index is 12.0. The van der Waals surface area contributed by atoms with E-state index in [1.165, 1.54) is 0 Å². The van der Waals surface area contributed by atoms with Crippen LogP contribution in [0.15, 0.2) is 35.8 Å². The van der Waals surface area contributed by atoms with Gasteiger partial charge in [0, 0.05) is 12.5 Å². The number of carbonyl (C=O) groups excluding carboxylic acids is 1. The molecule has 0 aromatic carbocycles. The summed E-state index contributed by atoms with van der Waals surface area (Å²) in [6.45, 7) is 3.85. The molecule has 2 rings (SSSR count). The number of carbonyl (C=O) groups is 1. The van der Waals surface area contributed by atoms with Crippen LogP contribution in [0, 0.1) is 5.92 Å². The Morgan fingerprint density at radius 1 is 1.28 bits per heavy atom. The Bertz CT molecular complexity index is 420. The van der Waals surface area contributed by atoms with Gasteiger partial charge < -0.3 is 14.2 Å². The van der Waals surface area contributed by atoms with E-state index < -0.39 is 5.92 Å². The Morgan fingerprint density at radius 3 is 2.72 bits per heavy atom. The van der Waals surface area contributed by atoms with Crippen LogP contribution in [0.3, 0.4) is 0 Å². The third-order valence-corrected chi connectivity index (χ3v) is 2.96. The van der Waals surface area contributed by atoms with Gasteiger partial charge in [-0.05, 0) is 19.9 Å². The lowest BCUT2D eigenvalue weighted by Crippen LogP contribution is -2.31. The Balaban J connectivity index is 2.31. The first-order valence-electron chi connectivity index (χ1n) is 6.11. The van der Waals surface area contributed by atoms with Gasteiger partial charge in [0.2, 0.25) is 0 Å². The molecule has 1 saturated heterocycles. The predicted molar refractivity (Wildman–Crippen MR) is 66.5 cm³/mol. The molecule has 18 heavy (non-hydrogen) atoms. The third kappa shape index (κ3) is 2.75. The maximum Gasteiger partial charge on any atom is 0.320 e. The van der Waals surface area contributed by atoms with E-state index in [0.29, 0.717) is 17.9 Å². The van der Waals surface area contributed by atoms with Crippen molar-refractivity contribution in [3.05, 3.63) is 35.8 Å². The minimum absolute atomic E-state index is 0.00598. The van der Waals surface area contributed by atoms with Gasteiger partial charge in [0.25, 0.3) is 0 Å². The first-order chi connectivity index (χ1) is 8.60. The number of esters is 1. The molecule has 3 unspecified atom stereocenters. The smallest absolute Gasteiger partial charge is 0.320 e. The number of ether oxygens (including phenoxy) is 3. The lowest BCUT2D eigenvalue weighted by atomic mass is 10.0. The molecule has 0 amide bonds. The summed E-state index contributed by atoms with van der Waals surface area (Å²) < 4.78 is 16.4. The standard InChI is InChI=1S/C14H18O4/c1-9-7-10(2)18-14(15)12-6-4-5-11(16-3)8-13(12)17-9/h4-6,8-10,12H,7H2,1-3H3. The normalized spacial score (nSPS) is 31.7. The summed E-state index contributed by atoms with van der Waals surface area (Å²) in [5, 5.41) is 0. The van der Waals surface area contributed by atoms with Gasteiger partial charge in [0.05, 0.1) is 13.2 Å². The number of rotatable bonds is 1. The van der Waals surface area contributed by atoms with E-state index in [0.717, 1.165) is 0 Å². The van der Waals surface area contributed by atoms with Gasteiger partial charge in [-0.1, -0.05) is 12.2 Å². The molecule has 1 aliphatic carbocycles. The molecule has 1 aliphatic heterocycles. The summed E-state index contributed by atoms with van der Waals surface area (Å²) >= 11 is 0. The van der Waals surface area contributed by atoms with Crippen LogP contribution in [0.1, 0.15) is 20.3 Å². The molecule has 3 atom stereocenters. The fourth-order valence-corrected chi connectivity index (χ4v) is 2.13. The van der Waals surface area contributed by atoms with Gasteiger partial charge in [0.15, 0.2) is 0 Å². The van der Waals surface area contributed by atoms with Crippen molar-refractivity contribution in [1.29, 1.82) is 0 Å². The first-order valence-corrected chi connectivity index (χ1v) is 6.11. The van der Waals surface area contributed by atoms with E-state index in [1.807, 2.05) is 13.8 Å². The van der Waals surface area contributed by atoms with Crippen LogP contribution in [0.2, 0.25) is 0 Å². The Kier molecular flexibility index (Phi) is 3.75. The number of methoxy groups -OCH3 is 1. The molecular formula is C14H18O4. The van der Waals surface area contributed by atoms with Crippen molar-refractivity contribution in [3.63, 3.8) is 0 Å². The fourth-order valence-electron chi connectivity index (χ4n) is 2.13. The molecule has 0 bridgehead atoms. The second kappa shape index (κ2) is 5.29. The van der Waals surface area contributed by atoms with Gasteiger partial charge in [-0.2, -0.15) is 0 Å². The van der Waals surface area contributed by atoms with Crippen molar-refractivity contribution >= 4 is 5.97 Å². The van der Waals surface area contributed by atoms with Crippen LogP contribution >= 0.6 is 0 Å². The SMILES string of the molecule is COC1=CC=CC2C(=O)OC(C)CC(C)OC2=C1. The Hall–Kier alpha value is -1.71. The average molecular weight is 250 g/mol. The van der Waals surface area contributed by atoms with Gasteiger partial charge in [-0.3, -0.25) is 4.79 Å². The van der Waals surface area contributed by atoms with E-state index in [-0.39, 0.29) is 18.2 Å². The molecule has 0 aromatic heterocycles. The zero-order valence-electron chi connectivity index (χ0n) is 10.9. The lowest BCUT2D eigenvalue weighted by Gasteiger charge is -2.28. The number of allylic oxidation sites excluding steroid dienone is 3. The van der Waals surface area contributed by atoms with E-state index >= 15 is 0 Å². The van der Waals surface area contributed by atoms with Crippen LogP contribution in [0.4, 0.5) is 0 Å². The number of cyclic esters (lactones) is 1. The first kappa shape index (κ1) is 12.7. The topological polar surface area (TPSA) is 44.8 Å². The molecule has 2 aliphatic rings. The summed E-state index contributed by atoms with van der Waals surface area (Å²) in [5.74, 6) is 0.486. The monoisotopic (exact) mass is 250 g/mol. The van der Waals surface area contributed by atoms with Crippen LogP contribution in [0.5, 0.6) is 0 Å². The van der Waals surface area contributed by atoms with Crippen LogP contribution in [0.25, 0.3) is 0 Å². The largest absolute Gasteiger partial charge is 0.497 e. The van der Waals surface area contributed by atoms with Crippen LogP contribution in [-0.2, 0) is 19.0 Å². The summed E-state index contributed by atoms with van der Waals surface area (Å²) in [7, 11) is 1.59. The molecule has 0 radical (unpaired) electrons. The highest BCUT2D eigenvalue weighted by Gasteiger charge is 2.30. The number of hydrogen-bond donors (Lipinski definition) is 0. The maximum absolute atomic E-state index is 12.0. The quantitative estimate of drug-likeness (QED) is 0.670. The van der Waals surface area contributed by atoms with E-state index in [4.69, 9.17) is 14.2 Å². The highest BCUT2D eigenvalue weighted by molar-refractivity contribution is 5.78. The highest BCUT2D eigenvalue weighted by Crippen LogP contribution is 2.27. The molecule has 0 aromatic rings. The molecule has 0 saturated carbocycles. The van der Waals surface area contributed by atoms with E-state index in [2.05, 4.69) is 0 Å². The molecule has 4 heteroatoms. The van der Waals surface area contributed by atoms with E-state index in [9.17, 15) is 4.79 Å². The molecule has 98 valence electrons. The second-order valence-corrected chi connectivity index (χ2v) is 4.59. The summed E-state index contributed by atoms with van der Waals surface area (Å²) in [4.78, 5) is 12.0. The zero-order chi connectivity index (χ0) is 13.1. The average Bonchev–Trinajstić information content (AvgIpc) is 2.49. The van der Waals surface area contributed by atoms with Gasteiger partial charge >= 0.3 is 5.97 Å².